The normalized spacial score (nSPS) is 26.7. The van der Waals surface area contributed by atoms with Crippen molar-refractivity contribution in [3.05, 3.63) is 48.6 Å². The van der Waals surface area contributed by atoms with Crippen molar-refractivity contribution in [3.8, 4) is 0 Å². The molecule has 0 saturated carbocycles. The summed E-state index contributed by atoms with van der Waals surface area (Å²) in [7, 11) is 0. The number of hydrogen-bond acceptors (Lipinski definition) is 13. The summed E-state index contributed by atoms with van der Waals surface area (Å²) in [4.78, 5) is 13.1. The minimum Gasteiger partial charge on any atom is -0.394 e. The smallest absolute Gasteiger partial charge is 0.220 e. The van der Waals surface area contributed by atoms with E-state index in [0.29, 0.717) is 12.8 Å². The van der Waals surface area contributed by atoms with E-state index in [1.807, 2.05) is 0 Å². The first-order chi connectivity index (χ1) is 33.1. The van der Waals surface area contributed by atoms with E-state index in [2.05, 4.69) is 67.8 Å². The molecule has 0 bridgehead atoms. The Kier molecular flexibility index (Phi) is 37.0. The van der Waals surface area contributed by atoms with Crippen LogP contribution in [0.4, 0.5) is 0 Å². The Morgan fingerprint density at radius 3 is 1.56 bits per heavy atom. The van der Waals surface area contributed by atoms with Crippen molar-refractivity contribution < 1.29 is 64.6 Å². The van der Waals surface area contributed by atoms with Gasteiger partial charge in [-0.1, -0.05) is 184 Å². The zero-order valence-corrected chi connectivity index (χ0v) is 42.1. The molecule has 0 aromatic heterocycles. The predicted octanol–water partition coefficient (Wildman–Crippen LogP) is 7.66. The molecule has 12 unspecified atom stereocenters. The fraction of sp³-hybridized carbons (Fsp3) is 0.833. The van der Waals surface area contributed by atoms with Gasteiger partial charge in [0.05, 0.1) is 32.0 Å². The number of allylic oxidation sites excluding steroid dienone is 8. The van der Waals surface area contributed by atoms with Gasteiger partial charge < -0.3 is 65.1 Å². The molecule has 0 aromatic rings. The molecular weight excluding hydrogens is 871 g/mol. The highest BCUT2D eigenvalue weighted by Crippen LogP contribution is 2.30. The van der Waals surface area contributed by atoms with Crippen LogP contribution in [0.1, 0.15) is 194 Å². The minimum atomic E-state index is -1.78. The van der Waals surface area contributed by atoms with Crippen LogP contribution in [0.15, 0.2) is 48.6 Å². The molecule has 1 amide bonds. The lowest BCUT2D eigenvalue weighted by Gasteiger charge is -2.46. The molecule has 0 aromatic carbocycles. The van der Waals surface area contributed by atoms with E-state index in [4.69, 9.17) is 18.9 Å². The minimum absolute atomic E-state index is 0.215. The van der Waals surface area contributed by atoms with Gasteiger partial charge in [0.25, 0.3) is 0 Å². The molecule has 2 aliphatic heterocycles. The summed E-state index contributed by atoms with van der Waals surface area (Å²) in [5.41, 5.74) is 0. The summed E-state index contributed by atoms with van der Waals surface area (Å²) in [5, 5.41) is 86.4. The number of aliphatic hydroxyl groups is 8. The molecule has 14 heteroatoms. The summed E-state index contributed by atoms with van der Waals surface area (Å²) >= 11 is 0. The Morgan fingerprint density at radius 2 is 1.01 bits per heavy atom. The first-order valence-corrected chi connectivity index (χ1v) is 26.9. The lowest BCUT2D eigenvalue weighted by molar-refractivity contribution is -0.359. The average molecular weight is 968 g/mol. The van der Waals surface area contributed by atoms with E-state index in [0.717, 1.165) is 83.5 Å². The molecule has 0 spiro atoms. The Balaban J connectivity index is 1.59. The van der Waals surface area contributed by atoms with Gasteiger partial charge in [0.15, 0.2) is 12.6 Å². The third-order valence-corrected chi connectivity index (χ3v) is 13.1. The molecule has 0 radical (unpaired) electrons. The first-order valence-electron chi connectivity index (χ1n) is 26.9. The maximum absolute atomic E-state index is 13.1. The van der Waals surface area contributed by atoms with Crippen molar-refractivity contribution >= 4 is 5.91 Å². The van der Waals surface area contributed by atoms with Gasteiger partial charge in [0, 0.05) is 6.42 Å². The predicted molar refractivity (Wildman–Crippen MR) is 267 cm³/mol. The van der Waals surface area contributed by atoms with Gasteiger partial charge >= 0.3 is 0 Å². The number of amides is 1. The van der Waals surface area contributed by atoms with Crippen LogP contribution >= 0.6 is 0 Å². The second-order valence-electron chi connectivity index (χ2n) is 19.0. The van der Waals surface area contributed by atoms with Crippen molar-refractivity contribution in [2.45, 2.75) is 267 Å². The van der Waals surface area contributed by atoms with Gasteiger partial charge in [-0.05, 0) is 51.4 Å². The topological polar surface area (TPSA) is 228 Å². The molecular formula is C54H97NO13. The van der Waals surface area contributed by atoms with Crippen LogP contribution in [0.2, 0.25) is 0 Å². The number of rotatable bonds is 41. The van der Waals surface area contributed by atoms with Crippen LogP contribution in [0, 0.1) is 0 Å². The second kappa shape index (κ2) is 40.5. The van der Waals surface area contributed by atoms with E-state index in [1.165, 1.54) is 83.5 Å². The van der Waals surface area contributed by atoms with Gasteiger partial charge in [-0.2, -0.15) is 0 Å². The van der Waals surface area contributed by atoms with Crippen LogP contribution in [-0.2, 0) is 23.7 Å². The molecule has 2 rings (SSSR count). The van der Waals surface area contributed by atoms with Crippen molar-refractivity contribution in [2.75, 3.05) is 19.8 Å². The Bertz CT molecular complexity index is 1330. The zero-order chi connectivity index (χ0) is 49.6. The summed E-state index contributed by atoms with van der Waals surface area (Å²) in [6.07, 6.45) is 31.9. The van der Waals surface area contributed by atoms with E-state index < -0.39 is 86.8 Å². The third-order valence-electron chi connectivity index (χ3n) is 13.1. The van der Waals surface area contributed by atoms with Crippen LogP contribution in [-0.4, -0.2) is 140 Å². The molecule has 396 valence electrons. The Hall–Kier alpha value is -2.05. The number of carbonyl (C=O) groups excluding carboxylic acids is 1. The standard InChI is InChI=1S/C54H97NO13/c1-3-5-7-9-10-11-12-13-14-15-16-17-18-19-20-21-22-23-24-25-26-27-28-29-30-31-32-34-36-38-46(59)55-42(43(58)37-35-33-8-6-4-2)41-65-53-51(64)49(62)52(45(40-57)67-53)68-54-50(63)48(61)47(60)44(39-56)66-54/h5,7,10-11,13-14,16-17,42-45,47-54,56-58,60-64H,3-4,6,8-9,12,15,18-41H2,1-2H3,(H,55,59)/b7-5-,11-10-,14-13-,17-16-. The molecule has 68 heavy (non-hydrogen) atoms. The second-order valence-corrected chi connectivity index (χ2v) is 19.0. The van der Waals surface area contributed by atoms with Crippen LogP contribution in [0.25, 0.3) is 0 Å². The number of aliphatic hydroxyl groups excluding tert-OH is 8. The average Bonchev–Trinajstić information content (AvgIpc) is 3.34. The highest BCUT2D eigenvalue weighted by Gasteiger charge is 2.51. The fourth-order valence-corrected chi connectivity index (χ4v) is 8.70. The maximum atomic E-state index is 13.1. The number of hydrogen-bond donors (Lipinski definition) is 9. The number of carbonyl (C=O) groups is 1. The molecule has 2 saturated heterocycles. The molecule has 2 fully saturated rings. The van der Waals surface area contributed by atoms with Gasteiger partial charge in [0.2, 0.25) is 5.91 Å². The Morgan fingerprint density at radius 1 is 0.544 bits per heavy atom. The van der Waals surface area contributed by atoms with Gasteiger partial charge in [-0.15, -0.1) is 0 Å². The summed E-state index contributed by atoms with van der Waals surface area (Å²) in [6, 6.07) is -0.824. The van der Waals surface area contributed by atoms with Crippen molar-refractivity contribution in [1.29, 1.82) is 0 Å². The molecule has 2 aliphatic rings. The van der Waals surface area contributed by atoms with Crippen LogP contribution in [0.3, 0.4) is 0 Å². The number of nitrogens with one attached hydrogen (secondary N) is 1. The van der Waals surface area contributed by atoms with Crippen LogP contribution in [0.5, 0.6) is 0 Å². The molecule has 0 aliphatic carbocycles. The molecule has 9 N–H and O–H groups in total. The Labute approximate surface area is 410 Å². The zero-order valence-electron chi connectivity index (χ0n) is 42.1. The molecule has 2 heterocycles. The van der Waals surface area contributed by atoms with Gasteiger partial charge in [-0.25, -0.2) is 0 Å². The monoisotopic (exact) mass is 968 g/mol. The number of ether oxygens (including phenoxy) is 4. The van der Waals surface area contributed by atoms with E-state index in [9.17, 15) is 45.6 Å². The SMILES string of the molecule is CC/C=C\C/C=C\C/C=C\C/C=C\CCCCCCCCCCCCCCCCCCC(=O)NC(COC1OC(CO)C(OC2OC(CO)C(O)C(O)C2O)C(O)C1O)C(O)CCCCCCC. The summed E-state index contributed by atoms with van der Waals surface area (Å²) < 4.78 is 22.6. The van der Waals surface area contributed by atoms with Gasteiger partial charge in [-0.3, -0.25) is 4.79 Å². The highest BCUT2D eigenvalue weighted by molar-refractivity contribution is 5.76. The fourth-order valence-electron chi connectivity index (χ4n) is 8.70. The van der Waals surface area contributed by atoms with Crippen molar-refractivity contribution in [3.63, 3.8) is 0 Å². The highest BCUT2D eigenvalue weighted by atomic mass is 16.7. The molecule has 12 atom stereocenters. The lowest BCUT2D eigenvalue weighted by Crippen LogP contribution is -2.65. The lowest BCUT2D eigenvalue weighted by atomic mass is 9.97. The van der Waals surface area contributed by atoms with Gasteiger partial charge in [0.1, 0.15) is 48.8 Å². The largest absolute Gasteiger partial charge is 0.394 e. The van der Waals surface area contributed by atoms with Crippen molar-refractivity contribution in [1.82, 2.24) is 5.32 Å². The number of unbranched alkanes of at least 4 members (excludes halogenated alkanes) is 20. The van der Waals surface area contributed by atoms with E-state index in [1.54, 1.807) is 0 Å². The first kappa shape index (κ1) is 62.1. The summed E-state index contributed by atoms with van der Waals surface area (Å²) in [6.45, 7) is 2.63. The van der Waals surface area contributed by atoms with Crippen molar-refractivity contribution in [2.24, 2.45) is 0 Å². The van der Waals surface area contributed by atoms with Crippen LogP contribution < -0.4 is 5.32 Å². The van der Waals surface area contributed by atoms with E-state index >= 15 is 0 Å². The third kappa shape index (κ3) is 27.0. The van der Waals surface area contributed by atoms with E-state index in [-0.39, 0.29) is 12.5 Å². The maximum Gasteiger partial charge on any atom is 0.220 e. The quantitative estimate of drug-likeness (QED) is 0.0212. The summed E-state index contributed by atoms with van der Waals surface area (Å²) in [5.74, 6) is -0.215. The molecule has 14 nitrogen and oxygen atoms in total.